The van der Waals surface area contributed by atoms with E-state index in [1.54, 1.807) is 0 Å². The summed E-state index contributed by atoms with van der Waals surface area (Å²) >= 11 is 1.48. The zero-order chi connectivity index (χ0) is 14.8. The predicted molar refractivity (Wildman–Crippen MR) is 89.7 cm³/mol. The maximum atomic E-state index is 12.5. The second-order valence-electron chi connectivity index (χ2n) is 6.00. The van der Waals surface area contributed by atoms with Gasteiger partial charge in [-0.3, -0.25) is 4.79 Å². The number of fused-ring (bicyclic) bond motifs is 1. The standard InChI is InChI=1S/C17H22N2OS/c1-11(12-7-3-2-4-8-12)19-17(20)16-15(18)13-9-5-6-10-14(13)21-16/h5-6,9-12H,2-4,7-8,18H2,1H3,(H,19,20). The molecule has 1 unspecified atom stereocenters. The molecule has 3 nitrogen and oxygen atoms in total. The number of anilines is 1. The fraction of sp³-hybridized carbons (Fsp3) is 0.471. The minimum atomic E-state index is -0.0215. The van der Waals surface area contributed by atoms with Gasteiger partial charge in [0.1, 0.15) is 4.88 Å². The first-order valence-corrected chi connectivity index (χ1v) is 8.56. The van der Waals surface area contributed by atoms with E-state index in [4.69, 9.17) is 5.73 Å². The van der Waals surface area contributed by atoms with Crippen LogP contribution in [0, 0.1) is 5.92 Å². The van der Waals surface area contributed by atoms with Crippen LogP contribution in [0.1, 0.15) is 48.7 Å². The molecule has 1 aliphatic rings. The highest BCUT2D eigenvalue weighted by molar-refractivity contribution is 7.21. The van der Waals surface area contributed by atoms with Crippen molar-refractivity contribution in [1.82, 2.24) is 5.32 Å². The molecular weight excluding hydrogens is 280 g/mol. The van der Waals surface area contributed by atoms with Crippen molar-refractivity contribution in [1.29, 1.82) is 0 Å². The van der Waals surface area contributed by atoms with Gasteiger partial charge in [0.05, 0.1) is 5.69 Å². The average molecular weight is 302 g/mol. The molecule has 1 aliphatic carbocycles. The Balaban J connectivity index is 1.75. The van der Waals surface area contributed by atoms with Gasteiger partial charge in [0.2, 0.25) is 0 Å². The molecule has 21 heavy (non-hydrogen) atoms. The lowest BCUT2D eigenvalue weighted by molar-refractivity contribution is 0.0924. The molecule has 4 heteroatoms. The topological polar surface area (TPSA) is 55.1 Å². The molecule has 112 valence electrons. The van der Waals surface area contributed by atoms with Crippen LogP contribution in [0.25, 0.3) is 10.1 Å². The van der Waals surface area contributed by atoms with Crippen molar-refractivity contribution in [2.45, 2.75) is 45.1 Å². The molecule has 3 N–H and O–H groups in total. The van der Waals surface area contributed by atoms with Crippen LogP contribution in [-0.4, -0.2) is 11.9 Å². The van der Waals surface area contributed by atoms with E-state index in [1.165, 1.54) is 43.4 Å². The van der Waals surface area contributed by atoms with Crippen molar-refractivity contribution in [3.05, 3.63) is 29.1 Å². The Hall–Kier alpha value is -1.55. The molecule has 0 saturated heterocycles. The van der Waals surface area contributed by atoms with Gasteiger partial charge in [0.15, 0.2) is 0 Å². The van der Waals surface area contributed by atoms with Crippen LogP contribution in [0.4, 0.5) is 5.69 Å². The molecule has 1 saturated carbocycles. The number of hydrogen-bond acceptors (Lipinski definition) is 3. The van der Waals surface area contributed by atoms with E-state index >= 15 is 0 Å². The zero-order valence-electron chi connectivity index (χ0n) is 12.4. The van der Waals surface area contributed by atoms with E-state index in [1.807, 2.05) is 24.3 Å². The highest BCUT2D eigenvalue weighted by Crippen LogP contribution is 2.33. The summed E-state index contributed by atoms with van der Waals surface area (Å²) in [6.45, 7) is 2.12. The smallest absolute Gasteiger partial charge is 0.263 e. The highest BCUT2D eigenvalue weighted by Gasteiger charge is 2.23. The maximum Gasteiger partial charge on any atom is 0.263 e. The number of carbonyl (C=O) groups excluding carboxylic acids is 1. The SMILES string of the molecule is CC(NC(=O)c1sc2ccccc2c1N)C1CCCCC1. The third-order valence-corrected chi connectivity index (χ3v) is 5.74. The van der Waals surface area contributed by atoms with Crippen LogP contribution < -0.4 is 11.1 Å². The average Bonchev–Trinajstić information content (AvgIpc) is 2.86. The summed E-state index contributed by atoms with van der Waals surface area (Å²) < 4.78 is 1.07. The lowest BCUT2D eigenvalue weighted by atomic mass is 9.84. The number of nitrogens with one attached hydrogen (secondary N) is 1. The number of amides is 1. The lowest BCUT2D eigenvalue weighted by Crippen LogP contribution is -2.38. The summed E-state index contributed by atoms with van der Waals surface area (Å²) in [5.74, 6) is 0.588. The fourth-order valence-corrected chi connectivity index (χ4v) is 4.28. The summed E-state index contributed by atoms with van der Waals surface area (Å²) in [6.07, 6.45) is 6.36. The van der Waals surface area contributed by atoms with Gasteiger partial charge >= 0.3 is 0 Å². The molecule has 0 radical (unpaired) electrons. The van der Waals surface area contributed by atoms with Crippen molar-refractivity contribution in [3.63, 3.8) is 0 Å². The second kappa shape index (κ2) is 6.06. The number of hydrogen-bond donors (Lipinski definition) is 2. The van der Waals surface area contributed by atoms with Gasteiger partial charge in [-0.05, 0) is 31.7 Å². The summed E-state index contributed by atoms with van der Waals surface area (Å²) in [6, 6.07) is 8.14. The van der Waals surface area contributed by atoms with Gasteiger partial charge in [0.25, 0.3) is 5.91 Å². The van der Waals surface area contributed by atoms with Crippen molar-refractivity contribution in [2.24, 2.45) is 5.92 Å². The molecule has 0 bridgehead atoms. The summed E-state index contributed by atoms with van der Waals surface area (Å²) in [7, 11) is 0. The molecule has 2 aromatic rings. The molecule has 1 heterocycles. The Morgan fingerprint density at radius 1 is 1.29 bits per heavy atom. The van der Waals surface area contributed by atoms with Crippen molar-refractivity contribution in [2.75, 3.05) is 5.73 Å². The Labute approximate surface area is 129 Å². The molecule has 3 rings (SSSR count). The van der Waals surface area contributed by atoms with Crippen molar-refractivity contribution in [3.8, 4) is 0 Å². The van der Waals surface area contributed by atoms with Gasteiger partial charge in [-0.25, -0.2) is 0 Å². The number of thiophene rings is 1. The first-order chi connectivity index (χ1) is 10.2. The number of nitrogen functional groups attached to an aromatic ring is 1. The highest BCUT2D eigenvalue weighted by atomic mass is 32.1. The van der Waals surface area contributed by atoms with Crippen molar-refractivity contribution >= 4 is 33.0 Å². The van der Waals surface area contributed by atoms with E-state index in [-0.39, 0.29) is 11.9 Å². The molecule has 0 aliphatic heterocycles. The molecule has 1 fully saturated rings. The van der Waals surface area contributed by atoms with Crippen LogP contribution in [0.5, 0.6) is 0 Å². The second-order valence-corrected chi connectivity index (χ2v) is 7.05. The van der Waals surface area contributed by atoms with E-state index < -0.39 is 0 Å². The Kier molecular flexibility index (Phi) is 4.15. The van der Waals surface area contributed by atoms with E-state index in [0.717, 1.165) is 10.1 Å². The lowest BCUT2D eigenvalue weighted by Gasteiger charge is -2.28. The third kappa shape index (κ3) is 2.91. The van der Waals surface area contributed by atoms with Crippen LogP contribution in [0.15, 0.2) is 24.3 Å². The summed E-state index contributed by atoms with van der Waals surface area (Å²) in [5.41, 5.74) is 6.76. The number of nitrogens with two attached hydrogens (primary N) is 1. The number of carbonyl (C=O) groups is 1. The van der Waals surface area contributed by atoms with Gasteiger partial charge in [0, 0.05) is 16.1 Å². The molecule has 1 aromatic carbocycles. The quantitative estimate of drug-likeness (QED) is 0.893. The summed E-state index contributed by atoms with van der Waals surface area (Å²) in [5, 5.41) is 4.14. The van der Waals surface area contributed by atoms with Gasteiger partial charge in [-0.2, -0.15) is 0 Å². The first-order valence-electron chi connectivity index (χ1n) is 7.74. The van der Waals surface area contributed by atoms with Gasteiger partial charge in [-0.15, -0.1) is 11.3 Å². The molecule has 1 aromatic heterocycles. The number of benzene rings is 1. The minimum Gasteiger partial charge on any atom is -0.397 e. The normalized spacial score (nSPS) is 17.8. The third-order valence-electron chi connectivity index (χ3n) is 4.56. The van der Waals surface area contributed by atoms with E-state index in [0.29, 0.717) is 16.5 Å². The largest absolute Gasteiger partial charge is 0.397 e. The minimum absolute atomic E-state index is 0.0215. The Morgan fingerprint density at radius 3 is 2.71 bits per heavy atom. The molecule has 1 amide bonds. The van der Waals surface area contributed by atoms with Crippen LogP contribution >= 0.6 is 11.3 Å². The fourth-order valence-electron chi connectivity index (χ4n) is 3.26. The Morgan fingerprint density at radius 2 is 2.00 bits per heavy atom. The van der Waals surface area contributed by atoms with E-state index in [2.05, 4.69) is 12.2 Å². The van der Waals surface area contributed by atoms with Gasteiger partial charge in [-0.1, -0.05) is 37.5 Å². The first kappa shape index (κ1) is 14.4. The zero-order valence-corrected chi connectivity index (χ0v) is 13.2. The van der Waals surface area contributed by atoms with Crippen LogP contribution in [-0.2, 0) is 0 Å². The molecular formula is C17H22N2OS. The van der Waals surface area contributed by atoms with Crippen molar-refractivity contribution < 1.29 is 4.79 Å². The molecule has 0 spiro atoms. The van der Waals surface area contributed by atoms with Crippen LogP contribution in [0.3, 0.4) is 0 Å². The molecule has 1 atom stereocenters. The Bertz CT molecular complexity index is 643. The van der Waals surface area contributed by atoms with Gasteiger partial charge < -0.3 is 11.1 Å². The monoisotopic (exact) mass is 302 g/mol. The predicted octanol–water partition coefficient (Wildman–Crippen LogP) is 4.18. The summed E-state index contributed by atoms with van der Waals surface area (Å²) in [4.78, 5) is 13.2. The van der Waals surface area contributed by atoms with E-state index in [9.17, 15) is 4.79 Å². The van der Waals surface area contributed by atoms with Crippen LogP contribution in [0.2, 0.25) is 0 Å². The number of rotatable bonds is 3. The maximum absolute atomic E-state index is 12.5.